The lowest BCUT2D eigenvalue weighted by Crippen LogP contribution is -2.38. The van der Waals surface area contributed by atoms with Crippen molar-refractivity contribution in [2.75, 3.05) is 12.4 Å². The van der Waals surface area contributed by atoms with Crippen LogP contribution in [0.25, 0.3) is 10.9 Å². The van der Waals surface area contributed by atoms with Gasteiger partial charge in [-0.1, -0.05) is 18.2 Å². The Labute approximate surface area is 117 Å². The van der Waals surface area contributed by atoms with Crippen LogP contribution in [0, 0.1) is 11.3 Å². The van der Waals surface area contributed by atoms with Crippen molar-refractivity contribution < 1.29 is 4.79 Å². The maximum absolute atomic E-state index is 12.2. The fraction of sp³-hybridized carbons (Fsp3) is 0.267. The van der Waals surface area contributed by atoms with Crippen molar-refractivity contribution in [3.05, 3.63) is 36.5 Å². The maximum atomic E-state index is 12.2. The second-order valence-electron chi connectivity index (χ2n) is 4.63. The first-order valence-corrected chi connectivity index (χ1v) is 6.38. The van der Waals surface area contributed by atoms with Crippen LogP contribution in [0.5, 0.6) is 0 Å². The topological polar surface area (TPSA) is 69.0 Å². The van der Waals surface area contributed by atoms with Crippen LogP contribution in [-0.2, 0) is 0 Å². The van der Waals surface area contributed by atoms with Crippen molar-refractivity contribution in [3.8, 4) is 6.07 Å². The minimum atomic E-state index is -0.245. The number of para-hydroxylation sites is 1. The van der Waals surface area contributed by atoms with Gasteiger partial charge in [0, 0.05) is 24.7 Å². The molecule has 2 amide bonds. The van der Waals surface area contributed by atoms with E-state index in [9.17, 15) is 4.79 Å². The first kappa shape index (κ1) is 13.8. The number of urea groups is 1. The fourth-order valence-corrected chi connectivity index (χ4v) is 1.88. The Morgan fingerprint density at radius 2 is 2.20 bits per heavy atom. The summed E-state index contributed by atoms with van der Waals surface area (Å²) in [7, 11) is 1.68. The molecule has 20 heavy (non-hydrogen) atoms. The minimum absolute atomic E-state index is 0.136. The summed E-state index contributed by atoms with van der Waals surface area (Å²) in [6, 6.07) is 11.1. The van der Waals surface area contributed by atoms with E-state index in [0.29, 0.717) is 12.1 Å². The number of nitriles is 1. The number of benzene rings is 1. The summed E-state index contributed by atoms with van der Waals surface area (Å²) in [5, 5.41) is 12.5. The third-order valence-corrected chi connectivity index (χ3v) is 3.24. The third-order valence-electron chi connectivity index (χ3n) is 3.24. The lowest BCUT2D eigenvalue weighted by Gasteiger charge is -2.23. The van der Waals surface area contributed by atoms with E-state index in [-0.39, 0.29) is 12.1 Å². The van der Waals surface area contributed by atoms with Gasteiger partial charge in [-0.25, -0.2) is 4.79 Å². The Morgan fingerprint density at radius 1 is 1.45 bits per heavy atom. The average Bonchev–Trinajstić information content (AvgIpc) is 2.47. The van der Waals surface area contributed by atoms with Gasteiger partial charge in [0.05, 0.1) is 23.7 Å². The number of aromatic nitrogens is 1. The van der Waals surface area contributed by atoms with Crippen LogP contribution >= 0.6 is 0 Å². The van der Waals surface area contributed by atoms with Gasteiger partial charge in [-0.2, -0.15) is 5.26 Å². The van der Waals surface area contributed by atoms with Crippen LogP contribution in [0.15, 0.2) is 36.5 Å². The number of anilines is 1. The lowest BCUT2D eigenvalue weighted by atomic mass is 10.2. The van der Waals surface area contributed by atoms with Gasteiger partial charge in [0.15, 0.2) is 0 Å². The van der Waals surface area contributed by atoms with Crippen molar-refractivity contribution >= 4 is 22.6 Å². The van der Waals surface area contributed by atoms with Gasteiger partial charge in [-0.15, -0.1) is 0 Å². The van der Waals surface area contributed by atoms with E-state index < -0.39 is 0 Å². The molecule has 0 saturated heterocycles. The zero-order chi connectivity index (χ0) is 14.5. The van der Waals surface area contributed by atoms with Gasteiger partial charge in [0.2, 0.25) is 0 Å². The van der Waals surface area contributed by atoms with Crippen molar-refractivity contribution in [1.29, 1.82) is 5.26 Å². The number of nitrogens with one attached hydrogen (secondary N) is 1. The van der Waals surface area contributed by atoms with Crippen LogP contribution in [0.1, 0.15) is 13.3 Å². The highest BCUT2D eigenvalue weighted by atomic mass is 16.2. The van der Waals surface area contributed by atoms with Crippen molar-refractivity contribution in [2.45, 2.75) is 19.4 Å². The Bertz CT molecular complexity index is 657. The number of nitrogens with zero attached hydrogens (tertiary/aromatic N) is 3. The molecule has 1 aromatic carbocycles. The number of fused-ring (bicyclic) bond motifs is 1. The van der Waals surface area contributed by atoms with Gasteiger partial charge in [0.1, 0.15) is 0 Å². The zero-order valence-electron chi connectivity index (χ0n) is 11.5. The molecule has 0 unspecified atom stereocenters. The van der Waals surface area contributed by atoms with Gasteiger partial charge in [-0.05, 0) is 19.1 Å². The number of pyridine rings is 1. The monoisotopic (exact) mass is 268 g/mol. The second-order valence-corrected chi connectivity index (χ2v) is 4.63. The largest absolute Gasteiger partial charge is 0.324 e. The van der Waals surface area contributed by atoms with E-state index in [1.54, 1.807) is 13.2 Å². The Kier molecular flexibility index (Phi) is 4.16. The quantitative estimate of drug-likeness (QED) is 0.930. The number of hydrogen-bond acceptors (Lipinski definition) is 3. The van der Waals surface area contributed by atoms with Crippen LogP contribution in [-0.4, -0.2) is 29.0 Å². The number of carbonyl (C=O) groups is 1. The highest BCUT2D eigenvalue weighted by Crippen LogP contribution is 2.21. The van der Waals surface area contributed by atoms with Crippen LogP contribution in [0.3, 0.4) is 0 Å². The lowest BCUT2D eigenvalue weighted by molar-refractivity contribution is 0.208. The molecule has 2 aromatic rings. The Hall–Kier alpha value is -2.61. The molecule has 0 bridgehead atoms. The van der Waals surface area contributed by atoms with Crippen LogP contribution in [0.2, 0.25) is 0 Å². The number of carbonyl (C=O) groups excluding carboxylic acids is 1. The maximum Gasteiger partial charge on any atom is 0.321 e. The molecule has 1 N–H and O–H groups in total. The predicted molar refractivity (Wildman–Crippen MR) is 78.2 cm³/mol. The highest BCUT2D eigenvalue weighted by molar-refractivity contribution is 5.99. The summed E-state index contributed by atoms with van der Waals surface area (Å²) in [6.45, 7) is 1.84. The van der Waals surface area contributed by atoms with E-state index in [2.05, 4.69) is 16.4 Å². The smallest absolute Gasteiger partial charge is 0.321 e. The molecule has 0 fully saturated rings. The van der Waals surface area contributed by atoms with Crippen molar-refractivity contribution in [2.24, 2.45) is 0 Å². The molecule has 1 aromatic heterocycles. The van der Waals surface area contributed by atoms with E-state index in [1.807, 2.05) is 37.3 Å². The summed E-state index contributed by atoms with van der Waals surface area (Å²) in [5.74, 6) is 0. The summed E-state index contributed by atoms with van der Waals surface area (Å²) in [4.78, 5) is 18.0. The standard InChI is InChI=1S/C15H16N4O/c1-11(8-9-16)19(2)15(20)18-13-7-3-5-12-6-4-10-17-14(12)13/h3-7,10-11H,8H2,1-2H3,(H,18,20)/t11-/m1/s1. The van der Waals surface area contributed by atoms with Gasteiger partial charge in [-0.3, -0.25) is 4.98 Å². The summed E-state index contributed by atoms with van der Waals surface area (Å²) in [5.41, 5.74) is 1.42. The number of amides is 2. The molecular weight excluding hydrogens is 252 g/mol. The van der Waals surface area contributed by atoms with E-state index in [1.165, 1.54) is 4.90 Å². The van der Waals surface area contributed by atoms with E-state index >= 15 is 0 Å². The molecule has 2 rings (SSSR count). The molecule has 1 heterocycles. The minimum Gasteiger partial charge on any atom is -0.324 e. The van der Waals surface area contributed by atoms with Crippen LogP contribution < -0.4 is 5.32 Å². The first-order chi connectivity index (χ1) is 9.63. The average molecular weight is 268 g/mol. The molecule has 0 aliphatic carbocycles. The van der Waals surface area contributed by atoms with Gasteiger partial charge < -0.3 is 10.2 Å². The molecule has 0 radical (unpaired) electrons. The summed E-state index contributed by atoms with van der Waals surface area (Å²) >= 11 is 0. The molecule has 5 heteroatoms. The molecular formula is C15H16N4O. The molecule has 102 valence electrons. The Morgan fingerprint density at radius 3 is 2.95 bits per heavy atom. The summed E-state index contributed by atoms with van der Waals surface area (Å²) in [6.07, 6.45) is 2.00. The SMILES string of the molecule is C[C@H](CC#N)N(C)C(=O)Nc1cccc2cccnc12. The predicted octanol–water partition coefficient (Wildman–Crippen LogP) is 3.00. The molecule has 0 aliphatic heterocycles. The Balaban J connectivity index is 2.20. The molecule has 5 nitrogen and oxygen atoms in total. The van der Waals surface area contributed by atoms with E-state index in [4.69, 9.17) is 5.26 Å². The molecule has 0 spiro atoms. The normalized spacial score (nSPS) is 11.7. The number of hydrogen-bond donors (Lipinski definition) is 1. The third kappa shape index (κ3) is 2.86. The first-order valence-electron chi connectivity index (χ1n) is 6.38. The van der Waals surface area contributed by atoms with Crippen LogP contribution in [0.4, 0.5) is 10.5 Å². The number of rotatable bonds is 3. The fourth-order valence-electron chi connectivity index (χ4n) is 1.88. The van der Waals surface area contributed by atoms with Crippen molar-refractivity contribution in [3.63, 3.8) is 0 Å². The van der Waals surface area contributed by atoms with Crippen molar-refractivity contribution in [1.82, 2.24) is 9.88 Å². The summed E-state index contributed by atoms with van der Waals surface area (Å²) < 4.78 is 0. The molecule has 0 aliphatic rings. The highest BCUT2D eigenvalue weighted by Gasteiger charge is 2.16. The second kappa shape index (κ2) is 6.02. The van der Waals surface area contributed by atoms with Gasteiger partial charge in [0.25, 0.3) is 0 Å². The van der Waals surface area contributed by atoms with E-state index in [0.717, 1.165) is 10.9 Å². The molecule has 0 saturated carbocycles. The zero-order valence-corrected chi connectivity index (χ0v) is 11.5. The molecule has 1 atom stereocenters. The van der Waals surface area contributed by atoms with Gasteiger partial charge >= 0.3 is 6.03 Å².